The topological polar surface area (TPSA) is 528 Å². The molecule has 6 atom stereocenters. The zero-order chi connectivity index (χ0) is 61.1. The Morgan fingerprint density at radius 1 is 0.545 bits per heavy atom. The van der Waals surface area contributed by atoms with Crippen molar-refractivity contribution in [3.63, 3.8) is 0 Å². The van der Waals surface area contributed by atoms with E-state index < -0.39 is 87.4 Å². The number of benzene rings is 2. The van der Waals surface area contributed by atoms with Gasteiger partial charge in [0.1, 0.15) is 51.3 Å². The summed E-state index contributed by atoms with van der Waals surface area (Å²) in [5, 5.41) is 68.6. The summed E-state index contributed by atoms with van der Waals surface area (Å²) in [5.74, 6) is -6.91. The standard InChI is InChI=1S/C10H12FNO2.C10H13NO3.C8H10N2O2.C7H16N2O2.C7H15NO2.C5H12N2O2.C4H9NO2/c1-10(12,9(13)14)6-7-4-2-3-5-8(7)11;1-10(11,9(13)14)6-7-2-4-8(12)5-3-7;9-7(8(11)12)5-6-1-3-10-4-2-6;1-7(9,6(10)11)4-2-3-5-8;1-5(2)4-7(3,8)6(9)10;6-3-1-2-4(7)5(8)9;1-4(2,5)3(6)7/h2-5H,6,12H2,1H3,(H,13,14);2-5,12H,6,11H2,1H3,(H,13,14);1-4,7H,5,9H2,(H,11,12);2-5,8-9H2,1H3,(H,10,11);5H,4,8H2,1-3H3,(H,9,10);4H,1-3,6-7H2,(H,8,9);5H2,1-2H3,(H,6,7)/t2*10-;3*7-;4-;/m000000./s1. The van der Waals surface area contributed by atoms with Gasteiger partial charge in [-0.1, -0.05) is 44.2 Å². The Morgan fingerprint density at radius 2 is 0.961 bits per heavy atom. The van der Waals surface area contributed by atoms with Gasteiger partial charge in [0.25, 0.3) is 0 Å². The van der Waals surface area contributed by atoms with Crippen molar-refractivity contribution in [1.82, 2.24) is 4.98 Å². The van der Waals surface area contributed by atoms with Crippen LogP contribution in [-0.4, -0.2) is 140 Å². The summed E-state index contributed by atoms with van der Waals surface area (Å²) >= 11 is 0. The Bertz CT molecular complexity index is 2210. The highest BCUT2D eigenvalue weighted by Crippen LogP contribution is 2.17. The Morgan fingerprint density at radius 3 is 1.31 bits per heavy atom. The molecule has 1 heterocycles. The second kappa shape index (κ2) is 37.9. The molecule has 25 nitrogen and oxygen atoms in total. The van der Waals surface area contributed by atoms with E-state index in [9.17, 15) is 38.0 Å². The lowest BCUT2D eigenvalue weighted by molar-refractivity contribution is -0.144. The number of pyridine rings is 1. The van der Waals surface area contributed by atoms with Crippen molar-refractivity contribution in [1.29, 1.82) is 0 Å². The quantitative estimate of drug-likeness (QED) is 0.0636. The van der Waals surface area contributed by atoms with Crippen molar-refractivity contribution in [3.05, 3.63) is 95.6 Å². The van der Waals surface area contributed by atoms with Crippen LogP contribution in [-0.2, 0) is 52.8 Å². The van der Waals surface area contributed by atoms with Gasteiger partial charge in [0.05, 0.1) is 0 Å². The van der Waals surface area contributed by atoms with Crippen molar-refractivity contribution in [2.75, 3.05) is 13.1 Å². The molecule has 3 rings (SSSR count). The minimum Gasteiger partial charge on any atom is -0.508 e. The predicted octanol–water partition coefficient (Wildman–Crippen LogP) is 1.64. The van der Waals surface area contributed by atoms with Crippen LogP contribution < -0.4 is 51.6 Å². The molecule has 3 aromatic rings. The van der Waals surface area contributed by atoms with Crippen molar-refractivity contribution in [2.45, 2.75) is 153 Å². The summed E-state index contributed by atoms with van der Waals surface area (Å²) in [7, 11) is 0. The number of rotatable bonds is 22. The van der Waals surface area contributed by atoms with Crippen molar-refractivity contribution >= 4 is 41.8 Å². The molecule has 0 bridgehead atoms. The second-order valence-electron chi connectivity index (χ2n) is 19.8. The average Bonchev–Trinajstić information content (AvgIpc) is 3.30. The lowest BCUT2D eigenvalue weighted by Crippen LogP contribution is -2.47. The van der Waals surface area contributed by atoms with E-state index in [2.05, 4.69) is 4.98 Å². The molecule has 26 heteroatoms. The highest BCUT2D eigenvalue weighted by molar-refractivity contribution is 5.79. The first-order chi connectivity index (χ1) is 35.0. The molecule has 438 valence electrons. The number of aromatic hydroxyl groups is 1. The zero-order valence-electron chi connectivity index (χ0n) is 45.4. The Hall–Kier alpha value is -6.75. The summed E-state index contributed by atoms with van der Waals surface area (Å²) in [6.45, 7) is 13.8. The minimum absolute atomic E-state index is 0.0188. The lowest BCUT2D eigenvalue weighted by atomic mass is 9.92. The molecule has 2 aromatic carbocycles. The number of carbonyl (C=O) groups is 7. The summed E-state index contributed by atoms with van der Waals surface area (Å²) < 4.78 is 13.1. The van der Waals surface area contributed by atoms with Gasteiger partial charge in [-0.3, -0.25) is 38.5 Å². The van der Waals surface area contributed by atoms with Crippen LogP contribution in [0, 0.1) is 11.7 Å². The van der Waals surface area contributed by atoms with Gasteiger partial charge in [-0.2, -0.15) is 0 Å². The van der Waals surface area contributed by atoms with E-state index in [0.29, 0.717) is 56.7 Å². The van der Waals surface area contributed by atoms with Crippen LogP contribution in [0.3, 0.4) is 0 Å². The van der Waals surface area contributed by atoms with E-state index in [1.54, 1.807) is 48.8 Å². The number of carboxylic acid groups (broad SMARTS) is 7. The van der Waals surface area contributed by atoms with Crippen LogP contribution in [0.25, 0.3) is 0 Å². The third kappa shape index (κ3) is 39.3. The zero-order valence-corrected chi connectivity index (χ0v) is 45.4. The van der Waals surface area contributed by atoms with Gasteiger partial charge in [-0.05, 0) is 153 Å². The number of phenolic OH excluding ortho intramolecular Hbond substituents is 1. The van der Waals surface area contributed by atoms with E-state index >= 15 is 0 Å². The number of aromatic nitrogens is 1. The molecule has 0 spiro atoms. The van der Waals surface area contributed by atoms with E-state index in [0.717, 1.165) is 24.0 Å². The van der Waals surface area contributed by atoms with Crippen molar-refractivity contribution in [3.8, 4) is 5.75 Å². The summed E-state index contributed by atoms with van der Waals surface area (Å²) in [6, 6.07) is 14.3. The molecule has 0 aliphatic heterocycles. The van der Waals surface area contributed by atoms with Gasteiger partial charge < -0.3 is 92.5 Å². The molecule has 26 N–H and O–H groups in total. The first kappa shape index (κ1) is 76.8. The fourth-order valence-electron chi connectivity index (χ4n) is 5.23. The van der Waals surface area contributed by atoms with Gasteiger partial charge in [0.15, 0.2) is 0 Å². The maximum absolute atomic E-state index is 13.1. The number of aliphatic carboxylic acids is 7. The molecule has 0 aliphatic carbocycles. The highest BCUT2D eigenvalue weighted by Gasteiger charge is 2.30. The molecule has 0 radical (unpaired) electrons. The molecule has 0 fully saturated rings. The predicted molar refractivity (Wildman–Crippen MR) is 289 cm³/mol. The maximum Gasteiger partial charge on any atom is 0.323 e. The first-order valence-electron chi connectivity index (χ1n) is 23.9. The molecule has 0 saturated heterocycles. The Kier molecular flexibility index (Phi) is 37.8. The first-order valence-corrected chi connectivity index (χ1v) is 23.9. The number of hydrogen-bond acceptors (Lipinski definition) is 18. The number of nitrogens with zero attached hydrogens (tertiary/aromatic N) is 1. The molecular formula is C51H87FN10O15. The molecule has 77 heavy (non-hydrogen) atoms. The molecule has 0 amide bonds. The van der Waals surface area contributed by atoms with Crippen LogP contribution in [0.2, 0.25) is 0 Å². The van der Waals surface area contributed by atoms with Crippen molar-refractivity contribution < 1.29 is 78.8 Å². The third-order valence-electron chi connectivity index (χ3n) is 10.1. The van der Waals surface area contributed by atoms with Gasteiger partial charge in [-0.25, -0.2) is 4.39 Å². The molecule has 1 aromatic heterocycles. The van der Waals surface area contributed by atoms with Crippen molar-refractivity contribution in [2.24, 2.45) is 57.5 Å². The van der Waals surface area contributed by atoms with Crippen LogP contribution in [0.4, 0.5) is 4.39 Å². The van der Waals surface area contributed by atoms with Gasteiger partial charge >= 0.3 is 41.8 Å². The van der Waals surface area contributed by atoms with E-state index in [1.165, 1.54) is 65.8 Å². The Labute approximate surface area is 449 Å². The summed E-state index contributed by atoms with van der Waals surface area (Å²) in [6.07, 6.45) is 7.54. The van der Waals surface area contributed by atoms with E-state index in [1.807, 2.05) is 13.8 Å². The number of unbranched alkanes of at least 4 members (excludes halogenated alkanes) is 1. The fraction of sp³-hybridized carbons (Fsp3) is 0.529. The monoisotopic (exact) mass is 1100 g/mol. The lowest BCUT2D eigenvalue weighted by Gasteiger charge is -2.20. The molecule has 0 aliphatic rings. The average molecular weight is 1100 g/mol. The number of hydrogen-bond donors (Lipinski definition) is 17. The van der Waals surface area contributed by atoms with Crippen LogP contribution in [0.1, 0.15) is 111 Å². The number of phenols is 1. The third-order valence-corrected chi connectivity index (χ3v) is 10.1. The highest BCUT2D eigenvalue weighted by atomic mass is 19.1. The van der Waals surface area contributed by atoms with Gasteiger partial charge in [-0.15, -0.1) is 0 Å². The number of halogens is 1. The second-order valence-corrected chi connectivity index (χ2v) is 19.8. The number of nitrogens with two attached hydrogens (primary N) is 9. The Balaban J connectivity index is -0.000000408. The maximum atomic E-state index is 13.1. The molecular weight excluding hydrogens is 1010 g/mol. The van der Waals surface area contributed by atoms with Gasteiger partial charge in [0, 0.05) is 25.2 Å². The summed E-state index contributed by atoms with van der Waals surface area (Å²) in [4.78, 5) is 76.4. The van der Waals surface area contributed by atoms with Crippen LogP contribution in [0.15, 0.2) is 73.1 Å². The SMILES string of the molecule is CC(C)(N)C(=O)O.CC(C)C[C@](C)(N)C(=O)O.C[C@](N)(CCCCN)C(=O)O.C[C@](N)(Cc1ccc(O)cc1)C(=O)O.C[C@](N)(Cc1ccccc1F)C(=O)O.NCCC[C@H](N)C(=O)O.N[C@@H](Cc1ccncc1)C(=O)O. The van der Waals surface area contributed by atoms with Gasteiger partial charge in [0.2, 0.25) is 0 Å². The smallest absolute Gasteiger partial charge is 0.323 e. The van der Waals surface area contributed by atoms with E-state index in [4.69, 9.17) is 92.5 Å². The fourth-order valence-corrected chi connectivity index (χ4v) is 5.23. The summed E-state index contributed by atoms with van der Waals surface area (Å²) in [5.41, 5.74) is 44.0. The molecule has 0 saturated carbocycles. The van der Waals surface area contributed by atoms with E-state index in [-0.39, 0.29) is 18.6 Å². The largest absolute Gasteiger partial charge is 0.508 e. The normalized spacial score (nSPS) is 14.3. The minimum atomic E-state index is -1.43. The van der Waals surface area contributed by atoms with Crippen LogP contribution >= 0.6 is 0 Å². The molecule has 0 unspecified atom stereocenters. The van der Waals surface area contributed by atoms with Crippen LogP contribution in [0.5, 0.6) is 5.75 Å². The number of carboxylic acids is 7.